The van der Waals surface area contributed by atoms with Crippen molar-refractivity contribution in [1.29, 1.82) is 0 Å². The zero-order valence-corrected chi connectivity index (χ0v) is 21.5. The molecule has 1 nitrogen and oxygen atoms in total. The normalized spacial score (nSPS) is 12.1. The number of aldehydes is 1. The summed E-state index contributed by atoms with van der Waals surface area (Å²) in [5.41, 5.74) is 1.72. The van der Waals surface area contributed by atoms with Gasteiger partial charge in [0.15, 0.2) is 0 Å². The highest BCUT2D eigenvalue weighted by Gasteiger charge is 1.99. The van der Waals surface area contributed by atoms with Crippen LogP contribution in [0.15, 0.2) is 23.8 Å². The topological polar surface area (TPSA) is 17.1 Å². The number of carbonyl (C=O) groups excluding carboxylic acids is 1. The molecular weight excluding hydrogens is 376 g/mol. The predicted molar refractivity (Wildman–Crippen MR) is 141 cm³/mol. The first-order valence-electron chi connectivity index (χ1n) is 14.1. The summed E-state index contributed by atoms with van der Waals surface area (Å²) < 4.78 is 0. The molecule has 0 bridgehead atoms. The van der Waals surface area contributed by atoms with Crippen molar-refractivity contribution in [3.05, 3.63) is 23.8 Å². The molecule has 0 aliphatic rings. The summed E-state index contributed by atoms with van der Waals surface area (Å²) in [6.45, 7) is 4.59. The Bertz CT molecular complexity index is 407. The molecule has 0 aromatic rings. The van der Waals surface area contributed by atoms with Crippen LogP contribution < -0.4 is 0 Å². The third kappa shape index (κ3) is 25.3. The van der Waals surface area contributed by atoms with Crippen LogP contribution in [0.25, 0.3) is 0 Å². The third-order valence-electron chi connectivity index (χ3n) is 6.32. The Morgan fingerprint density at radius 2 is 0.935 bits per heavy atom. The van der Waals surface area contributed by atoms with Gasteiger partial charge in [0.05, 0.1) is 0 Å². The van der Waals surface area contributed by atoms with Crippen LogP contribution in [0.3, 0.4) is 0 Å². The first-order valence-corrected chi connectivity index (χ1v) is 14.1. The fourth-order valence-electron chi connectivity index (χ4n) is 4.19. The maximum Gasteiger partial charge on any atom is 0.119 e. The maximum atomic E-state index is 10.3. The van der Waals surface area contributed by atoms with E-state index < -0.39 is 0 Å². The molecular formula is C30H56O. The molecule has 0 aromatic carbocycles. The van der Waals surface area contributed by atoms with Gasteiger partial charge in [-0.1, -0.05) is 108 Å². The smallest absolute Gasteiger partial charge is 0.119 e. The molecule has 182 valence electrons. The number of rotatable bonds is 25. The Labute approximate surface area is 196 Å². The molecule has 1 heteroatoms. The summed E-state index contributed by atoms with van der Waals surface area (Å²) >= 11 is 0. The van der Waals surface area contributed by atoms with Crippen LogP contribution >= 0.6 is 0 Å². The van der Waals surface area contributed by atoms with Gasteiger partial charge in [-0.3, -0.25) is 0 Å². The molecule has 0 saturated carbocycles. The van der Waals surface area contributed by atoms with Gasteiger partial charge in [0, 0.05) is 6.42 Å². The molecule has 0 aromatic heterocycles. The standard InChI is InChI=1S/C30H56O/c1-3-5-7-8-9-10-11-12-13-14-15-17-20-23-27-30(26-6-4-2)28-24-21-18-16-19-22-25-29-31/h12-13,28-29H,3-11,14-27H2,1-2H3/b13-12+,30-28-. The minimum atomic E-state index is 0.747. The molecule has 31 heavy (non-hydrogen) atoms. The van der Waals surface area contributed by atoms with E-state index in [9.17, 15) is 4.79 Å². The fourth-order valence-corrected chi connectivity index (χ4v) is 4.19. The maximum absolute atomic E-state index is 10.3. The molecule has 0 aliphatic carbocycles. The minimum absolute atomic E-state index is 0.747. The highest BCUT2D eigenvalue weighted by molar-refractivity contribution is 5.48. The van der Waals surface area contributed by atoms with E-state index in [1.54, 1.807) is 5.57 Å². The molecule has 0 rings (SSSR count). The van der Waals surface area contributed by atoms with Gasteiger partial charge in [0.25, 0.3) is 0 Å². The number of allylic oxidation sites excluding steroid dienone is 4. The first kappa shape index (κ1) is 30.1. The summed E-state index contributed by atoms with van der Waals surface area (Å²) in [6.07, 6.45) is 38.5. The van der Waals surface area contributed by atoms with Gasteiger partial charge < -0.3 is 4.79 Å². The third-order valence-corrected chi connectivity index (χ3v) is 6.32. The molecule has 0 heterocycles. The monoisotopic (exact) mass is 432 g/mol. The van der Waals surface area contributed by atoms with E-state index >= 15 is 0 Å². The lowest BCUT2D eigenvalue weighted by atomic mass is 9.99. The second-order valence-electron chi connectivity index (χ2n) is 9.46. The van der Waals surface area contributed by atoms with Gasteiger partial charge in [0.1, 0.15) is 6.29 Å². The Morgan fingerprint density at radius 1 is 0.484 bits per heavy atom. The van der Waals surface area contributed by atoms with Crippen molar-refractivity contribution in [2.24, 2.45) is 0 Å². The van der Waals surface area contributed by atoms with Crippen LogP contribution in [0.1, 0.15) is 162 Å². The van der Waals surface area contributed by atoms with Crippen LogP contribution in [0.2, 0.25) is 0 Å². The van der Waals surface area contributed by atoms with E-state index in [0.29, 0.717) is 0 Å². The largest absolute Gasteiger partial charge is 0.303 e. The van der Waals surface area contributed by atoms with Crippen molar-refractivity contribution in [2.45, 2.75) is 162 Å². The van der Waals surface area contributed by atoms with Crippen LogP contribution in [-0.2, 0) is 4.79 Å². The van der Waals surface area contributed by atoms with E-state index in [1.165, 1.54) is 135 Å². The number of hydrogen-bond acceptors (Lipinski definition) is 1. The number of unbranched alkanes of at least 4 members (excludes halogenated alkanes) is 17. The van der Waals surface area contributed by atoms with Gasteiger partial charge in [-0.2, -0.15) is 0 Å². The van der Waals surface area contributed by atoms with Crippen LogP contribution in [0, 0.1) is 0 Å². The zero-order chi connectivity index (χ0) is 22.7. The summed E-state index contributed by atoms with van der Waals surface area (Å²) in [6, 6.07) is 0. The van der Waals surface area contributed by atoms with Gasteiger partial charge in [-0.15, -0.1) is 0 Å². The van der Waals surface area contributed by atoms with Crippen molar-refractivity contribution in [2.75, 3.05) is 0 Å². The zero-order valence-electron chi connectivity index (χ0n) is 21.5. The molecule has 0 saturated heterocycles. The van der Waals surface area contributed by atoms with Crippen molar-refractivity contribution >= 4 is 6.29 Å². The minimum Gasteiger partial charge on any atom is -0.303 e. The Hall–Kier alpha value is -0.850. The lowest BCUT2D eigenvalue weighted by Gasteiger charge is -2.08. The number of hydrogen-bond donors (Lipinski definition) is 0. The van der Waals surface area contributed by atoms with Gasteiger partial charge >= 0.3 is 0 Å². The van der Waals surface area contributed by atoms with Gasteiger partial charge in [-0.05, 0) is 70.6 Å². The lowest BCUT2D eigenvalue weighted by Crippen LogP contribution is -1.88. The van der Waals surface area contributed by atoms with Crippen molar-refractivity contribution < 1.29 is 4.79 Å². The average Bonchev–Trinajstić information content (AvgIpc) is 2.78. The predicted octanol–water partition coefficient (Wildman–Crippen LogP) is 10.7. The molecule has 0 fully saturated rings. The quantitative estimate of drug-likeness (QED) is 0.0796. The van der Waals surface area contributed by atoms with E-state index in [-0.39, 0.29) is 0 Å². The molecule has 0 aliphatic heterocycles. The Kier molecular flexibility index (Phi) is 26.4. The number of carbonyl (C=O) groups is 1. The Balaban J connectivity index is 3.65. The Morgan fingerprint density at radius 3 is 1.52 bits per heavy atom. The van der Waals surface area contributed by atoms with E-state index in [1.807, 2.05) is 0 Å². The van der Waals surface area contributed by atoms with Crippen molar-refractivity contribution in [1.82, 2.24) is 0 Å². The van der Waals surface area contributed by atoms with E-state index in [0.717, 1.165) is 19.1 Å². The van der Waals surface area contributed by atoms with Crippen LogP contribution in [-0.4, -0.2) is 6.29 Å². The summed E-state index contributed by atoms with van der Waals surface area (Å²) in [5, 5.41) is 0. The van der Waals surface area contributed by atoms with Crippen molar-refractivity contribution in [3.63, 3.8) is 0 Å². The SMILES string of the molecule is CCCCCCCC/C=C/CCCCCC/C(=C\CCCCCCCC=O)CCCC. The molecule has 0 N–H and O–H groups in total. The summed E-state index contributed by atoms with van der Waals surface area (Å²) in [4.78, 5) is 10.3. The molecule has 0 spiro atoms. The highest BCUT2D eigenvalue weighted by Crippen LogP contribution is 2.19. The van der Waals surface area contributed by atoms with Crippen molar-refractivity contribution in [3.8, 4) is 0 Å². The molecule has 0 atom stereocenters. The second-order valence-corrected chi connectivity index (χ2v) is 9.46. The lowest BCUT2D eigenvalue weighted by molar-refractivity contribution is -0.107. The van der Waals surface area contributed by atoms with Crippen LogP contribution in [0.5, 0.6) is 0 Å². The van der Waals surface area contributed by atoms with E-state index in [4.69, 9.17) is 0 Å². The van der Waals surface area contributed by atoms with Gasteiger partial charge in [-0.25, -0.2) is 0 Å². The second kappa shape index (κ2) is 27.2. The van der Waals surface area contributed by atoms with E-state index in [2.05, 4.69) is 32.1 Å². The highest BCUT2D eigenvalue weighted by atomic mass is 16.1. The molecule has 0 radical (unpaired) electrons. The summed E-state index contributed by atoms with van der Waals surface area (Å²) in [7, 11) is 0. The first-order chi connectivity index (χ1) is 15.3. The fraction of sp³-hybridized carbons (Fsp3) is 0.833. The summed E-state index contributed by atoms with van der Waals surface area (Å²) in [5.74, 6) is 0. The molecule has 0 amide bonds. The van der Waals surface area contributed by atoms with Crippen LogP contribution in [0.4, 0.5) is 0 Å². The average molecular weight is 433 g/mol. The molecule has 0 unspecified atom stereocenters. The van der Waals surface area contributed by atoms with Gasteiger partial charge in [0.2, 0.25) is 0 Å².